The van der Waals surface area contributed by atoms with Crippen LogP contribution < -0.4 is 0 Å². The van der Waals surface area contributed by atoms with Crippen molar-refractivity contribution >= 4 is 54.0 Å². The monoisotopic (exact) mass is 807 g/mol. The summed E-state index contributed by atoms with van der Waals surface area (Å²) >= 11 is 3.52. The second kappa shape index (κ2) is 15.8. The summed E-state index contributed by atoms with van der Waals surface area (Å²) < 4.78 is 2.56. The van der Waals surface area contributed by atoms with Crippen LogP contribution in [0.5, 0.6) is 0 Å². The molecule has 0 N–H and O–H groups in total. The van der Waals surface area contributed by atoms with E-state index in [0.29, 0.717) is 17.5 Å². The van der Waals surface area contributed by atoms with Crippen LogP contribution in [-0.2, 0) is 5.41 Å². The summed E-state index contributed by atoms with van der Waals surface area (Å²) in [6.07, 6.45) is 11.0. The first-order valence-corrected chi connectivity index (χ1v) is 21.9. The van der Waals surface area contributed by atoms with Crippen LogP contribution in [-0.4, -0.2) is 15.0 Å². The molecule has 288 valence electrons. The molecule has 1 aliphatic heterocycles. The predicted molar refractivity (Wildman–Crippen MR) is 257 cm³/mol. The number of thioether (sulfide) groups is 1. The molecule has 0 saturated heterocycles. The molecule has 3 heterocycles. The van der Waals surface area contributed by atoms with E-state index in [9.17, 15) is 0 Å². The van der Waals surface area contributed by atoms with Crippen molar-refractivity contribution in [3.05, 3.63) is 222 Å². The number of hydrogen-bond donors (Lipinski definition) is 0. The van der Waals surface area contributed by atoms with Gasteiger partial charge in [0.1, 0.15) is 5.82 Å². The van der Waals surface area contributed by atoms with Gasteiger partial charge in [0.15, 0.2) is 11.6 Å². The molecular formula is C55H41N3S2. The summed E-state index contributed by atoms with van der Waals surface area (Å²) in [4.78, 5) is 18.3. The quantitative estimate of drug-likeness (QED) is 0.168. The Balaban J connectivity index is 1.17. The molecule has 0 saturated carbocycles. The Hall–Kier alpha value is -6.66. The van der Waals surface area contributed by atoms with Crippen LogP contribution in [0, 0.1) is 0 Å². The zero-order valence-electron chi connectivity index (χ0n) is 33.4. The molecule has 0 aliphatic carbocycles. The molecule has 10 rings (SSSR count). The molecule has 0 bridgehead atoms. The second-order valence-corrected chi connectivity index (χ2v) is 18.0. The van der Waals surface area contributed by atoms with Gasteiger partial charge in [0.25, 0.3) is 0 Å². The predicted octanol–water partition coefficient (Wildman–Crippen LogP) is 15.4. The molecule has 7 aromatic carbocycles. The van der Waals surface area contributed by atoms with Crippen molar-refractivity contribution in [1.82, 2.24) is 15.0 Å². The Morgan fingerprint density at radius 3 is 2.07 bits per heavy atom. The molecule has 3 nitrogen and oxygen atoms in total. The van der Waals surface area contributed by atoms with E-state index in [1.807, 2.05) is 11.3 Å². The normalized spacial score (nSPS) is 18.9. The molecule has 2 aromatic heterocycles. The molecule has 60 heavy (non-hydrogen) atoms. The van der Waals surface area contributed by atoms with E-state index in [4.69, 9.17) is 15.0 Å². The van der Waals surface area contributed by atoms with Crippen molar-refractivity contribution in [1.29, 1.82) is 0 Å². The van der Waals surface area contributed by atoms with Gasteiger partial charge in [-0.15, -0.1) is 11.3 Å². The maximum absolute atomic E-state index is 5.47. The lowest BCUT2D eigenvalue weighted by Crippen LogP contribution is -2.31. The number of rotatable bonds is 6. The lowest BCUT2D eigenvalue weighted by atomic mass is 9.71. The summed E-state index contributed by atoms with van der Waals surface area (Å²) in [5, 5.41) is 4.87. The summed E-state index contributed by atoms with van der Waals surface area (Å²) in [6, 6.07) is 58.3. The topological polar surface area (TPSA) is 38.7 Å². The SMILES string of the molecule is C=C1/C=C\C(c2ccc(-c3ccccc3)cc2)C(C)(c2nc(-c3cccc(-c4cccc5c4sc4ccccc45)c3)nc(-c3ccc4ccccc4c3)n2)/C=C\C=C(/C)S1. The van der Waals surface area contributed by atoms with Crippen LogP contribution in [0.2, 0.25) is 0 Å². The van der Waals surface area contributed by atoms with E-state index in [0.717, 1.165) is 37.5 Å². The lowest BCUT2D eigenvalue weighted by molar-refractivity contribution is 0.495. The summed E-state index contributed by atoms with van der Waals surface area (Å²) in [5.41, 5.74) is 7.02. The molecule has 2 atom stereocenters. The standard InChI is InChI=1S/C55H41N3S2/c1-36-14-13-33-55(3,49(32-25-37(2)59-36)41-29-26-40(27-30-41)38-15-5-4-6-16-38)54-57-52(56-53(58-54)45-31-28-39-17-7-8-18-42(39)34-45)44-20-11-19-43(35-44)46-22-12-23-48-47-21-9-10-24-50(47)60-51(46)48/h4-35,49H,2H2,1,3H3/b32-25-,33-13-,36-14+. The van der Waals surface area contributed by atoms with Gasteiger partial charge in [0, 0.05) is 42.1 Å². The maximum Gasteiger partial charge on any atom is 0.163 e. The minimum absolute atomic E-state index is 0.140. The zero-order valence-corrected chi connectivity index (χ0v) is 35.1. The van der Waals surface area contributed by atoms with E-state index >= 15 is 0 Å². The van der Waals surface area contributed by atoms with Crippen LogP contribution in [0.3, 0.4) is 0 Å². The Kier molecular flexibility index (Phi) is 9.92. The molecule has 0 amide bonds. The Morgan fingerprint density at radius 1 is 0.583 bits per heavy atom. The van der Waals surface area contributed by atoms with E-state index in [1.54, 1.807) is 11.8 Å². The van der Waals surface area contributed by atoms with Crippen molar-refractivity contribution in [3.63, 3.8) is 0 Å². The van der Waals surface area contributed by atoms with Gasteiger partial charge in [0.05, 0.1) is 5.41 Å². The first-order chi connectivity index (χ1) is 29.4. The molecule has 0 spiro atoms. The number of fused-ring (bicyclic) bond motifs is 4. The third kappa shape index (κ3) is 7.21. The van der Waals surface area contributed by atoms with Crippen LogP contribution in [0.4, 0.5) is 0 Å². The number of thiophene rings is 1. The van der Waals surface area contributed by atoms with Gasteiger partial charge < -0.3 is 0 Å². The van der Waals surface area contributed by atoms with Crippen LogP contribution >= 0.6 is 23.1 Å². The highest BCUT2D eigenvalue weighted by molar-refractivity contribution is 8.06. The van der Waals surface area contributed by atoms with Gasteiger partial charge in [0.2, 0.25) is 0 Å². The first kappa shape index (κ1) is 37.6. The van der Waals surface area contributed by atoms with Crippen LogP contribution in [0.1, 0.15) is 31.2 Å². The summed E-state index contributed by atoms with van der Waals surface area (Å²) in [5.74, 6) is 1.82. The van der Waals surface area contributed by atoms with E-state index in [-0.39, 0.29) is 5.92 Å². The summed E-state index contributed by atoms with van der Waals surface area (Å²) in [7, 11) is 0. The molecule has 0 radical (unpaired) electrons. The minimum Gasteiger partial charge on any atom is -0.212 e. The Morgan fingerprint density at radius 2 is 1.23 bits per heavy atom. The molecule has 9 aromatic rings. The summed E-state index contributed by atoms with van der Waals surface area (Å²) in [6.45, 7) is 8.79. The van der Waals surface area contributed by atoms with Crippen molar-refractivity contribution < 1.29 is 0 Å². The Labute approximate surface area is 359 Å². The van der Waals surface area contributed by atoms with Crippen molar-refractivity contribution in [3.8, 4) is 45.0 Å². The Bertz CT molecular complexity index is 3170. The van der Waals surface area contributed by atoms with E-state index in [1.165, 1.54) is 42.2 Å². The van der Waals surface area contributed by atoms with Crippen LogP contribution in [0.15, 0.2) is 211 Å². The highest BCUT2D eigenvalue weighted by Crippen LogP contribution is 2.44. The first-order valence-electron chi connectivity index (χ1n) is 20.2. The van der Waals surface area contributed by atoms with E-state index in [2.05, 4.69) is 215 Å². The van der Waals surface area contributed by atoms with Gasteiger partial charge in [-0.2, -0.15) is 0 Å². The smallest absolute Gasteiger partial charge is 0.163 e. The van der Waals surface area contributed by atoms with Gasteiger partial charge in [-0.25, -0.2) is 15.0 Å². The van der Waals surface area contributed by atoms with Gasteiger partial charge in [-0.1, -0.05) is 194 Å². The fourth-order valence-electron chi connectivity index (χ4n) is 8.35. The minimum atomic E-state index is -0.701. The molecule has 5 heteroatoms. The van der Waals surface area contributed by atoms with Gasteiger partial charge in [-0.3, -0.25) is 0 Å². The fourth-order valence-corrected chi connectivity index (χ4v) is 10.3. The van der Waals surface area contributed by atoms with Gasteiger partial charge in [-0.05, 0) is 75.5 Å². The number of aromatic nitrogens is 3. The van der Waals surface area contributed by atoms with Crippen LogP contribution in [0.25, 0.3) is 76.0 Å². The maximum atomic E-state index is 5.47. The van der Waals surface area contributed by atoms with Gasteiger partial charge >= 0.3 is 0 Å². The van der Waals surface area contributed by atoms with E-state index < -0.39 is 5.41 Å². The molecule has 1 aliphatic rings. The number of hydrogen-bond acceptors (Lipinski definition) is 5. The van der Waals surface area contributed by atoms with Crippen molar-refractivity contribution in [2.75, 3.05) is 0 Å². The fraction of sp³-hybridized carbons (Fsp3) is 0.0727. The van der Waals surface area contributed by atoms with Crippen molar-refractivity contribution in [2.45, 2.75) is 25.2 Å². The second-order valence-electron chi connectivity index (χ2n) is 15.5. The number of allylic oxidation sites excluding steroid dienone is 6. The third-order valence-corrected chi connectivity index (χ3v) is 13.6. The molecular weight excluding hydrogens is 767 g/mol. The average Bonchev–Trinajstić information content (AvgIpc) is 3.68. The van der Waals surface area contributed by atoms with Crippen molar-refractivity contribution in [2.24, 2.45) is 0 Å². The molecule has 2 unspecified atom stereocenters. The largest absolute Gasteiger partial charge is 0.212 e. The zero-order chi connectivity index (χ0) is 40.6. The average molecular weight is 808 g/mol. The highest BCUT2D eigenvalue weighted by atomic mass is 32.2. The molecule has 0 fully saturated rings. The lowest BCUT2D eigenvalue weighted by Gasteiger charge is -2.33. The number of nitrogens with zero attached hydrogens (tertiary/aromatic N) is 3. The highest BCUT2D eigenvalue weighted by Gasteiger charge is 2.37. The number of benzene rings is 7. The third-order valence-electron chi connectivity index (χ3n) is 11.5.